The van der Waals surface area contributed by atoms with E-state index < -0.39 is 0 Å². The average Bonchev–Trinajstić information content (AvgIpc) is 2.34. The molecule has 18 heavy (non-hydrogen) atoms. The topological polar surface area (TPSA) is 26.3 Å². The van der Waals surface area contributed by atoms with Crippen LogP contribution in [0.5, 0.6) is 5.75 Å². The van der Waals surface area contributed by atoms with Gasteiger partial charge in [0.2, 0.25) is 0 Å². The average molecular weight is 262 g/mol. The van der Waals surface area contributed by atoms with Crippen molar-refractivity contribution in [2.24, 2.45) is 5.92 Å². The second-order valence-electron chi connectivity index (χ2n) is 4.62. The monoisotopic (exact) mass is 262 g/mol. The van der Waals surface area contributed by atoms with Crippen LogP contribution in [0, 0.1) is 12.8 Å². The van der Waals surface area contributed by atoms with Crippen LogP contribution >= 0.6 is 11.8 Å². The Hall–Kier alpha value is -1.22. The Balaban J connectivity index is 2.42. The molecule has 2 rings (SSSR count). The van der Waals surface area contributed by atoms with Crippen LogP contribution in [0.1, 0.15) is 21.5 Å². The first-order valence-corrected chi connectivity index (χ1v) is 7.47. The fraction of sp³-hybridized carbons (Fsp3) is 0.400. The number of thioether (sulfide) groups is 1. The van der Waals surface area contributed by atoms with Gasteiger partial charge in [-0.1, -0.05) is 12.1 Å². The van der Waals surface area contributed by atoms with Crippen molar-refractivity contribution in [3.8, 4) is 5.75 Å². The molecule has 1 aromatic carbocycles. The number of allylic oxidation sites excluding steroid dienone is 1. The predicted molar refractivity (Wildman–Crippen MR) is 76.8 cm³/mol. The number of ketones is 1. The number of rotatable bonds is 4. The lowest BCUT2D eigenvalue weighted by Gasteiger charge is -2.26. The minimum Gasteiger partial charge on any atom is -0.492 e. The van der Waals surface area contributed by atoms with Gasteiger partial charge >= 0.3 is 0 Å². The highest BCUT2D eigenvalue weighted by molar-refractivity contribution is 7.98. The molecule has 0 spiro atoms. The summed E-state index contributed by atoms with van der Waals surface area (Å²) in [4.78, 5) is 12.4. The van der Waals surface area contributed by atoms with Crippen molar-refractivity contribution < 1.29 is 9.53 Å². The second-order valence-corrected chi connectivity index (χ2v) is 5.53. The molecule has 1 aromatic rings. The lowest BCUT2D eigenvalue weighted by Crippen LogP contribution is -2.30. The Bertz CT molecular complexity index is 480. The van der Waals surface area contributed by atoms with E-state index in [1.54, 1.807) is 11.8 Å². The van der Waals surface area contributed by atoms with Gasteiger partial charge in [0.25, 0.3) is 0 Å². The van der Waals surface area contributed by atoms with Gasteiger partial charge in [0.15, 0.2) is 5.78 Å². The van der Waals surface area contributed by atoms with Crippen LogP contribution in [-0.4, -0.2) is 24.4 Å². The van der Waals surface area contributed by atoms with Crippen LogP contribution in [0.15, 0.2) is 24.8 Å². The molecule has 2 nitrogen and oxygen atoms in total. The summed E-state index contributed by atoms with van der Waals surface area (Å²) >= 11 is 1.69. The molecule has 1 heterocycles. The summed E-state index contributed by atoms with van der Waals surface area (Å²) < 4.78 is 5.82. The van der Waals surface area contributed by atoms with Crippen molar-refractivity contribution in [3.63, 3.8) is 0 Å². The largest absolute Gasteiger partial charge is 0.492 e. The fourth-order valence-electron chi connectivity index (χ4n) is 2.31. The molecule has 1 unspecified atom stereocenters. The third kappa shape index (κ3) is 2.46. The van der Waals surface area contributed by atoms with Crippen molar-refractivity contribution in [2.45, 2.75) is 13.3 Å². The van der Waals surface area contributed by atoms with Gasteiger partial charge in [0, 0.05) is 5.75 Å². The summed E-state index contributed by atoms with van der Waals surface area (Å²) in [5.74, 6) is 1.80. The minimum atomic E-state index is -0.00844. The van der Waals surface area contributed by atoms with E-state index in [2.05, 4.69) is 12.6 Å². The molecule has 1 aliphatic rings. The van der Waals surface area contributed by atoms with Crippen molar-refractivity contribution in [1.82, 2.24) is 0 Å². The van der Waals surface area contributed by atoms with Crippen molar-refractivity contribution >= 4 is 17.5 Å². The first-order valence-electron chi connectivity index (χ1n) is 6.07. The van der Waals surface area contributed by atoms with Gasteiger partial charge in [-0.25, -0.2) is 0 Å². The quantitative estimate of drug-likeness (QED) is 0.779. The number of fused-ring (bicyclic) bond motifs is 1. The summed E-state index contributed by atoms with van der Waals surface area (Å²) in [7, 11) is 0. The number of benzene rings is 1. The molecule has 0 amide bonds. The number of hydrogen-bond donors (Lipinski definition) is 0. The summed E-state index contributed by atoms with van der Waals surface area (Å²) in [6.07, 6.45) is 4.60. The van der Waals surface area contributed by atoms with Crippen LogP contribution in [0.25, 0.3) is 0 Å². The smallest absolute Gasteiger partial charge is 0.173 e. The molecular formula is C15H18O2S. The number of carbonyl (C=O) groups excluding carboxylic acids is 1. The minimum absolute atomic E-state index is 0.00844. The van der Waals surface area contributed by atoms with Crippen LogP contribution in [0.4, 0.5) is 0 Å². The van der Waals surface area contributed by atoms with Crippen LogP contribution in [0.2, 0.25) is 0 Å². The van der Waals surface area contributed by atoms with Crippen LogP contribution < -0.4 is 4.74 Å². The predicted octanol–water partition coefficient (Wildman–Crippen LogP) is 3.28. The highest BCUT2D eigenvalue weighted by Crippen LogP contribution is 2.33. The molecule has 0 aromatic heterocycles. The zero-order valence-electron chi connectivity index (χ0n) is 10.9. The normalized spacial score (nSPS) is 18.1. The Morgan fingerprint density at radius 1 is 1.56 bits per heavy atom. The molecule has 3 heteroatoms. The van der Waals surface area contributed by atoms with E-state index in [0.717, 1.165) is 34.6 Å². The molecule has 0 saturated heterocycles. The molecule has 1 aliphatic heterocycles. The Kier molecular flexibility index (Phi) is 4.12. The molecule has 0 saturated carbocycles. The first kappa shape index (κ1) is 13.2. The number of ether oxygens (including phenoxy) is 1. The molecule has 0 N–H and O–H groups in total. The van der Waals surface area contributed by atoms with Crippen molar-refractivity contribution in [1.29, 1.82) is 0 Å². The second kappa shape index (κ2) is 5.61. The van der Waals surface area contributed by atoms with Gasteiger partial charge in [-0.05, 0) is 36.8 Å². The maximum absolute atomic E-state index is 12.4. The molecule has 0 bridgehead atoms. The molecule has 0 fully saturated rings. The van der Waals surface area contributed by atoms with Gasteiger partial charge in [-0.2, -0.15) is 11.8 Å². The number of carbonyl (C=O) groups is 1. The van der Waals surface area contributed by atoms with Gasteiger partial charge in [0.05, 0.1) is 18.1 Å². The lowest BCUT2D eigenvalue weighted by molar-refractivity contribution is 0.0852. The van der Waals surface area contributed by atoms with Gasteiger partial charge < -0.3 is 4.74 Å². The summed E-state index contributed by atoms with van der Waals surface area (Å²) in [6.45, 7) is 6.27. The standard InChI is InChI=1S/C15H18O2S/c1-4-5-11-6-10(2)7-13-14(16)12(9-18-3)8-17-15(11)13/h4,6-7,12H,1,5,8-9H2,2-3H3. The molecular weight excluding hydrogens is 244 g/mol. The number of hydrogen-bond acceptors (Lipinski definition) is 3. The number of aryl methyl sites for hydroxylation is 1. The zero-order valence-corrected chi connectivity index (χ0v) is 11.7. The van der Waals surface area contributed by atoms with Gasteiger partial charge in [0.1, 0.15) is 5.75 Å². The number of Topliss-reactive ketones (excluding diaryl/α,β-unsaturated/α-hetero) is 1. The molecule has 96 valence electrons. The van der Waals surface area contributed by atoms with Crippen LogP contribution in [-0.2, 0) is 6.42 Å². The SMILES string of the molecule is C=CCc1cc(C)cc2c1OCC(CSC)C2=O. The molecule has 0 aliphatic carbocycles. The van der Waals surface area contributed by atoms with E-state index >= 15 is 0 Å². The maximum atomic E-state index is 12.4. The highest BCUT2D eigenvalue weighted by atomic mass is 32.2. The van der Waals surface area contributed by atoms with Gasteiger partial charge in [-0.15, -0.1) is 6.58 Å². The van der Waals surface area contributed by atoms with E-state index in [9.17, 15) is 4.79 Å². The van der Waals surface area contributed by atoms with Crippen molar-refractivity contribution in [2.75, 3.05) is 18.6 Å². The first-order chi connectivity index (χ1) is 8.67. The van der Waals surface area contributed by atoms with Crippen LogP contribution in [0.3, 0.4) is 0 Å². The third-order valence-electron chi connectivity index (χ3n) is 3.11. The van der Waals surface area contributed by atoms with E-state index in [1.165, 1.54) is 0 Å². The summed E-state index contributed by atoms with van der Waals surface area (Å²) in [5, 5.41) is 0. The Labute approximate surface area is 112 Å². The Morgan fingerprint density at radius 3 is 3.00 bits per heavy atom. The van der Waals surface area contributed by atoms with Gasteiger partial charge in [-0.3, -0.25) is 4.79 Å². The Morgan fingerprint density at radius 2 is 2.33 bits per heavy atom. The summed E-state index contributed by atoms with van der Waals surface area (Å²) in [5.41, 5.74) is 2.92. The zero-order chi connectivity index (χ0) is 13.1. The third-order valence-corrected chi connectivity index (χ3v) is 3.84. The van der Waals surface area contributed by atoms with E-state index in [-0.39, 0.29) is 11.7 Å². The fourth-order valence-corrected chi connectivity index (χ4v) is 2.96. The van der Waals surface area contributed by atoms with E-state index in [0.29, 0.717) is 6.61 Å². The highest BCUT2D eigenvalue weighted by Gasteiger charge is 2.29. The lowest BCUT2D eigenvalue weighted by atomic mass is 9.92. The molecule has 1 atom stereocenters. The van der Waals surface area contributed by atoms with Crippen molar-refractivity contribution in [3.05, 3.63) is 41.5 Å². The summed E-state index contributed by atoms with van der Waals surface area (Å²) in [6, 6.07) is 4.01. The van der Waals surface area contributed by atoms with E-state index in [1.807, 2.05) is 25.3 Å². The van der Waals surface area contributed by atoms with E-state index in [4.69, 9.17) is 4.74 Å². The maximum Gasteiger partial charge on any atom is 0.173 e. The molecule has 0 radical (unpaired) electrons.